The Morgan fingerprint density at radius 2 is 1.56 bits per heavy atom. The number of carbonyl (C=O) groups is 5. The summed E-state index contributed by atoms with van der Waals surface area (Å²) >= 11 is 0. The van der Waals surface area contributed by atoms with E-state index in [-0.39, 0.29) is 22.5 Å². The number of ketones is 1. The van der Waals surface area contributed by atoms with Gasteiger partial charge < -0.3 is 25.2 Å². The summed E-state index contributed by atoms with van der Waals surface area (Å²) in [6.45, 7) is 3.99. The Labute approximate surface area is 237 Å². The third-order valence-corrected chi connectivity index (χ3v) is 5.57. The number of para-hydroxylation sites is 1. The van der Waals surface area contributed by atoms with Crippen LogP contribution in [0.25, 0.3) is 0 Å². The molecule has 3 amide bonds. The molecule has 0 unspecified atom stereocenters. The summed E-state index contributed by atoms with van der Waals surface area (Å²) < 4.78 is 10.6. The molecule has 0 bridgehead atoms. The molecule has 0 aliphatic heterocycles. The maximum Gasteiger partial charge on any atom is 0.335 e. The van der Waals surface area contributed by atoms with E-state index in [1.54, 1.807) is 57.2 Å². The molecule has 0 fully saturated rings. The highest BCUT2D eigenvalue weighted by Gasteiger charge is 2.27. The predicted molar refractivity (Wildman–Crippen MR) is 151 cm³/mol. The van der Waals surface area contributed by atoms with Gasteiger partial charge in [-0.05, 0) is 75.4 Å². The molecule has 0 atom stereocenters. The van der Waals surface area contributed by atoms with Crippen molar-refractivity contribution in [1.82, 2.24) is 5.32 Å². The fourth-order valence-electron chi connectivity index (χ4n) is 3.77. The standard InChI is InChI=1S/C30H31N3O8/c1-30(2,3)41-26(35)18-33(25(34)17-31-29(39)32-21-9-7-8-20(16-21)28(37)38)24-11-6-5-10-23(24)27(36)19-12-14-22(40-4)15-13-19/h5-16H,17-18H2,1-4H3,(H,37,38)(H2,31,32,39). The van der Waals surface area contributed by atoms with Gasteiger partial charge in [0.25, 0.3) is 0 Å². The van der Waals surface area contributed by atoms with E-state index in [2.05, 4.69) is 10.6 Å². The number of esters is 1. The molecule has 11 heteroatoms. The van der Waals surface area contributed by atoms with Crippen molar-refractivity contribution in [2.24, 2.45) is 0 Å². The first-order chi connectivity index (χ1) is 19.4. The number of anilines is 2. The molecule has 3 aromatic rings. The van der Waals surface area contributed by atoms with Crippen LogP contribution in [0.3, 0.4) is 0 Å². The van der Waals surface area contributed by atoms with Crippen molar-refractivity contribution in [1.29, 1.82) is 0 Å². The average Bonchev–Trinajstić information content (AvgIpc) is 2.93. The smallest absolute Gasteiger partial charge is 0.335 e. The SMILES string of the molecule is COc1ccc(C(=O)c2ccccc2N(CC(=O)OC(C)(C)C)C(=O)CNC(=O)Nc2cccc(C(=O)O)c2)cc1. The molecule has 41 heavy (non-hydrogen) atoms. The summed E-state index contributed by atoms with van der Waals surface area (Å²) in [5.74, 6) is -2.40. The zero-order valence-electron chi connectivity index (χ0n) is 23.1. The van der Waals surface area contributed by atoms with Crippen LogP contribution in [0.1, 0.15) is 47.1 Å². The third-order valence-electron chi connectivity index (χ3n) is 5.57. The molecule has 0 heterocycles. The van der Waals surface area contributed by atoms with Crippen LogP contribution in [-0.2, 0) is 14.3 Å². The van der Waals surface area contributed by atoms with Crippen LogP contribution in [0.2, 0.25) is 0 Å². The number of amides is 3. The zero-order chi connectivity index (χ0) is 30.2. The lowest BCUT2D eigenvalue weighted by atomic mass is 10.0. The normalized spacial score (nSPS) is 10.7. The van der Waals surface area contributed by atoms with Crippen molar-refractivity contribution in [3.63, 3.8) is 0 Å². The minimum atomic E-state index is -1.16. The Hall–Kier alpha value is -5.19. The van der Waals surface area contributed by atoms with Crippen molar-refractivity contribution in [2.75, 3.05) is 30.4 Å². The number of nitrogens with zero attached hydrogens (tertiary/aromatic N) is 1. The van der Waals surface area contributed by atoms with Crippen molar-refractivity contribution in [2.45, 2.75) is 26.4 Å². The van der Waals surface area contributed by atoms with E-state index >= 15 is 0 Å². The molecule has 0 aliphatic carbocycles. The van der Waals surface area contributed by atoms with Crippen molar-refractivity contribution < 1.29 is 38.6 Å². The molecule has 0 saturated carbocycles. The van der Waals surface area contributed by atoms with Crippen molar-refractivity contribution in [3.8, 4) is 5.75 Å². The largest absolute Gasteiger partial charge is 0.497 e. The molecule has 0 saturated heterocycles. The number of aromatic carboxylic acids is 1. The van der Waals surface area contributed by atoms with Crippen LogP contribution in [0.4, 0.5) is 16.2 Å². The number of carboxylic acids is 1. The summed E-state index contributed by atoms with van der Waals surface area (Å²) in [7, 11) is 1.51. The Kier molecular flexibility index (Phi) is 9.81. The van der Waals surface area contributed by atoms with Crippen molar-refractivity contribution >= 4 is 41.0 Å². The number of urea groups is 1. The zero-order valence-corrected chi connectivity index (χ0v) is 23.1. The molecule has 214 valence electrons. The van der Waals surface area contributed by atoms with E-state index in [0.29, 0.717) is 11.3 Å². The molecule has 0 spiro atoms. The molecule has 3 rings (SSSR count). The Bertz CT molecular complexity index is 1440. The molecule has 0 aliphatic rings. The van der Waals surface area contributed by atoms with Gasteiger partial charge in [-0.1, -0.05) is 18.2 Å². The van der Waals surface area contributed by atoms with Gasteiger partial charge >= 0.3 is 18.0 Å². The highest BCUT2D eigenvalue weighted by molar-refractivity contribution is 6.15. The Balaban J connectivity index is 1.85. The average molecular weight is 562 g/mol. The van der Waals surface area contributed by atoms with Crippen LogP contribution >= 0.6 is 0 Å². The Morgan fingerprint density at radius 1 is 0.878 bits per heavy atom. The Morgan fingerprint density at radius 3 is 2.20 bits per heavy atom. The minimum absolute atomic E-state index is 0.0273. The van der Waals surface area contributed by atoms with E-state index in [1.165, 1.54) is 43.5 Å². The summed E-state index contributed by atoms with van der Waals surface area (Å²) in [5.41, 5.74) is -0.00198. The monoisotopic (exact) mass is 561 g/mol. The third kappa shape index (κ3) is 8.65. The second-order valence-electron chi connectivity index (χ2n) is 9.83. The molecular weight excluding hydrogens is 530 g/mol. The second kappa shape index (κ2) is 13.2. The van der Waals surface area contributed by atoms with Crippen molar-refractivity contribution in [3.05, 3.63) is 89.5 Å². The van der Waals surface area contributed by atoms with Gasteiger partial charge in [-0.15, -0.1) is 0 Å². The lowest BCUT2D eigenvalue weighted by molar-refractivity contribution is -0.153. The lowest BCUT2D eigenvalue weighted by Crippen LogP contribution is -2.45. The number of methoxy groups -OCH3 is 1. The number of benzene rings is 3. The maximum absolute atomic E-state index is 13.4. The van der Waals surface area contributed by atoms with Gasteiger partial charge in [0, 0.05) is 16.8 Å². The van der Waals surface area contributed by atoms with Crippen LogP contribution < -0.4 is 20.3 Å². The van der Waals surface area contributed by atoms with Crippen LogP contribution in [0, 0.1) is 0 Å². The summed E-state index contributed by atoms with van der Waals surface area (Å²) in [6.07, 6.45) is 0. The van der Waals surface area contributed by atoms with Crippen LogP contribution in [0.15, 0.2) is 72.8 Å². The van der Waals surface area contributed by atoms with Gasteiger partial charge in [-0.3, -0.25) is 19.3 Å². The van der Waals surface area contributed by atoms with Gasteiger partial charge in [-0.2, -0.15) is 0 Å². The van der Waals surface area contributed by atoms with E-state index in [1.807, 2.05) is 0 Å². The molecule has 0 aromatic heterocycles. The minimum Gasteiger partial charge on any atom is -0.497 e. The van der Waals surface area contributed by atoms with Crippen LogP contribution in [-0.4, -0.2) is 60.6 Å². The number of carbonyl (C=O) groups excluding carboxylic acids is 4. The fraction of sp³-hybridized carbons (Fsp3) is 0.233. The van der Waals surface area contributed by atoms with Gasteiger partial charge in [0.05, 0.1) is 24.9 Å². The molecular formula is C30H31N3O8. The van der Waals surface area contributed by atoms with Gasteiger partial charge in [0.15, 0.2) is 5.78 Å². The summed E-state index contributed by atoms with van der Waals surface area (Å²) in [5, 5.41) is 14.0. The summed E-state index contributed by atoms with van der Waals surface area (Å²) in [6, 6.07) is 17.6. The number of carboxylic acid groups (broad SMARTS) is 1. The molecule has 3 N–H and O–H groups in total. The van der Waals surface area contributed by atoms with Gasteiger partial charge in [0.2, 0.25) is 5.91 Å². The van der Waals surface area contributed by atoms with Crippen LogP contribution in [0.5, 0.6) is 5.75 Å². The van der Waals surface area contributed by atoms with Gasteiger partial charge in [0.1, 0.15) is 17.9 Å². The molecule has 0 radical (unpaired) electrons. The lowest BCUT2D eigenvalue weighted by Gasteiger charge is -2.27. The number of nitrogens with one attached hydrogen (secondary N) is 2. The van der Waals surface area contributed by atoms with E-state index in [0.717, 1.165) is 4.90 Å². The second-order valence-corrected chi connectivity index (χ2v) is 9.83. The van der Waals surface area contributed by atoms with E-state index < -0.39 is 48.4 Å². The summed E-state index contributed by atoms with van der Waals surface area (Å²) in [4.78, 5) is 64.4. The predicted octanol–water partition coefficient (Wildman–Crippen LogP) is 4.12. The first-order valence-corrected chi connectivity index (χ1v) is 12.6. The van der Waals surface area contributed by atoms with E-state index in [4.69, 9.17) is 14.6 Å². The topological polar surface area (TPSA) is 151 Å². The fourth-order valence-corrected chi connectivity index (χ4v) is 3.77. The number of rotatable bonds is 10. The maximum atomic E-state index is 13.4. The molecule has 3 aromatic carbocycles. The highest BCUT2D eigenvalue weighted by Crippen LogP contribution is 2.25. The number of ether oxygens (including phenoxy) is 2. The quantitative estimate of drug-likeness (QED) is 0.247. The van der Waals surface area contributed by atoms with E-state index in [9.17, 15) is 24.0 Å². The number of hydrogen-bond donors (Lipinski definition) is 3. The highest BCUT2D eigenvalue weighted by atomic mass is 16.6. The van der Waals surface area contributed by atoms with Gasteiger partial charge in [-0.25, -0.2) is 9.59 Å². The first-order valence-electron chi connectivity index (χ1n) is 12.6. The molecule has 11 nitrogen and oxygen atoms in total. The number of hydrogen-bond acceptors (Lipinski definition) is 7. The first kappa shape index (κ1) is 30.4.